The van der Waals surface area contributed by atoms with Crippen molar-refractivity contribution < 1.29 is 0 Å². The van der Waals surface area contributed by atoms with Crippen LogP contribution >= 0.6 is 0 Å². The van der Waals surface area contributed by atoms with E-state index in [2.05, 4.69) is 19.9 Å². The first-order chi connectivity index (χ1) is 9.92. The first-order valence-corrected chi connectivity index (χ1v) is 7.53. The number of aromatic nitrogens is 4. The second-order valence-corrected chi connectivity index (χ2v) is 5.65. The quantitative estimate of drug-likeness (QED) is 0.909. The van der Waals surface area contributed by atoms with Gasteiger partial charge in [0.25, 0.3) is 0 Å². The first kappa shape index (κ1) is 11.9. The maximum Gasteiger partial charge on any atom is 0.225 e. The fourth-order valence-electron chi connectivity index (χ4n) is 3.36. The van der Waals surface area contributed by atoms with E-state index in [1.54, 1.807) is 0 Å². The zero-order valence-electron chi connectivity index (χ0n) is 11.5. The summed E-state index contributed by atoms with van der Waals surface area (Å²) >= 11 is 0. The van der Waals surface area contributed by atoms with Crippen LogP contribution in [0.15, 0.2) is 18.5 Å². The average molecular weight is 269 g/mol. The van der Waals surface area contributed by atoms with Crippen LogP contribution in [0.25, 0.3) is 0 Å². The van der Waals surface area contributed by atoms with Gasteiger partial charge in [-0.15, -0.1) is 0 Å². The highest BCUT2D eigenvalue weighted by Gasteiger charge is 2.31. The molecule has 1 fully saturated rings. The van der Waals surface area contributed by atoms with Crippen molar-refractivity contribution in [2.24, 2.45) is 0 Å². The zero-order valence-corrected chi connectivity index (χ0v) is 11.5. The Morgan fingerprint density at radius 1 is 1.10 bits per heavy atom. The lowest BCUT2D eigenvalue weighted by Gasteiger charge is -2.22. The molecule has 0 saturated carbocycles. The molecule has 104 valence electrons. The molecule has 2 aromatic rings. The van der Waals surface area contributed by atoms with Crippen LogP contribution in [0.3, 0.4) is 0 Å². The summed E-state index contributed by atoms with van der Waals surface area (Å²) in [6.07, 6.45) is 10.8. The van der Waals surface area contributed by atoms with Crippen LogP contribution in [-0.2, 0) is 12.8 Å². The van der Waals surface area contributed by atoms with Crippen LogP contribution in [0.5, 0.6) is 0 Å². The third-order valence-corrected chi connectivity index (χ3v) is 4.35. The summed E-state index contributed by atoms with van der Waals surface area (Å²) in [4.78, 5) is 19.5. The molecule has 1 N–H and O–H groups in total. The molecule has 5 heteroatoms. The van der Waals surface area contributed by atoms with Gasteiger partial charge >= 0.3 is 0 Å². The largest absolute Gasteiger partial charge is 0.344 e. The average Bonchev–Trinajstić information content (AvgIpc) is 3.14. The van der Waals surface area contributed by atoms with Crippen molar-refractivity contribution in [3.8, 4) is 0 Å². The monoisotopic (exact) mass is 269 g/mol. The van der Waals surface area contributed by atoms with Gasteiger partial charge in [-0.25, -0.2) is 15.0 Å². The normalized spacial score (nSPS) is 22.0. The fraction of sp³-hybridized carbons (Fsp3) is 0.533. The van der Waals surface area contributed by atoms with Crippen molar-refractivity contribution >= 4 is 5.95 Å². The summed E-state index contributed by atoms with van der Waals surface area (Å²) < 4.78 is 0. The van der Waals surface area contributed by atoms with Crippen LogP contribution in [-0.4, -0.2) is 26.5 Å². The predicted molar refractivity (Wildman–Crippen MR) is 76.6 cm³/mol. The highest BCUT2D eigenvalue weighted by molar-refractivity contribution is 5.35. The topological polar surface area (TPSA) is 57.7 Å². The Morgan fingerprint density at radius 3 is 2.80 bits per heavy atom. The molecule has 1 saturated heterocycles. The number of imidazole rings is 1. The van der Waals surface area contributed by atoms with Crippen molar-refractivity contribution in [3.05, 3.63) is 35.7 Å². The number of rotatable bonds is 2. The van der Waals surface area contributed by atoms with Crippen LogP contribution < -0.4 is 4.90 Å². The van der Waals surface area contributed by atoms with Gasteiger partial charge in [-0.05, 0) is 44.6 Å². The molecule has 4 rings (SSSR count). The van der Waals surface area contributed by atoms with Crippen molar-refractivity contribution in [1.29, 1.82) is 0 Å². The Morgan fingerprint density at radius 2 is 1.95 bits per heavy atom. The first-order valence-electron chi connectivity index (χ1n) is 7.53. The molecule has 2 aromatic heterocycles. The van der Waals surface area contributed by atoms with Gasteiger partial charge in [0.1, 0.15) is 5.82 Å². The Hall–Kier alpha value is -1.91. The highest BCUT2D eigenvalue weighted by Crippen LogP contribution is 2.34. The zero-order chi connectivity index (χ0) is 13.4. The Balaban J connectivity index is 1.65. The van der Waals surface area contributed by atoms with Crippen LogP contribution in [0.4, 0.5) is 5.95 Å². The van der Waals surface area contributed by atoms with Gasteiger partial charge in [-0.3, -0.25) is 0 Å². The molecule has 20 heavy (non-hydrogen) atoms. The summed E-state index contributed by atoms with van der Waals surface area (Å²) in [5.74, 6) is 1.94. The van der Waals surface area contributed by atoms with Crippen molar-refractivity contribution in [1.82, 2.24) is 19.9 Å². The van der Waals surface area contributed by atoms with E-state index >= 15 is 0 Å². The van der Waals surface area contributed by atoms with E-state index in [1.807, 2.05) is 18.5 Å². The third-order valence-electron chi connectivity index (χ3n) is 4.35. The maximum absolute atomic E-state index is 4.86. The Labute approximate surface area is 118 Å². The molecule has 1 aliphatic carbocycles. The van der Waals surface area contributed by atoms with Gasteiger partial charge in [0, 0.05) is 24.6 Å². The van der Waals surface area contributed by atoms with Gasteiger partial charge in [-0.1, -0.05) is 0 Å². The second kappa shape index (κ2) is 4.89. The molecule has 0 unspecified atom stereocenters. The Kier molecular flexibility index (Phi) is 2.90. The molecule has 1 atom stereocenters. The third kappa shape index (κ3) is 1.97. The molecule has 2 aliphatic rings. The minimum absolute atomic E-state index is 0.308. The number of nitrogens with one attached hydrogen (secondary N) is 1. The second-order valence-electron chi connectivity index (χ2n) is 5.65. The fourth-order valence-corrected chi connectivity index (χ4v) is 3.36. The number of hydrogen-bond acceptors (Lipinski definition) is 4. The summed E-state index contributed by atoms with van der Waals surface area (Å²) in [7, 11) is 0. The van der Waals surface area contributed by atoms with Gasteiger partial charge in [-0.2, -0.15) is 0 Å². The number of aryl methyl sites for hydroxylation is 2. The van der Waals surface area contributed by atoms with Gasteiger partial charge in [0.05, 0.1) is 11.7 Å². The lowest BCUT2D eigenvalue weighted by atomic mass is 10.0. The van der Waals surface area contributed by atoms with E-state index in [9.17, 15) is 0 Å². The van der Waals surface area contributed by atoms with Crippen molar-refractivity contribution in [3.63, 3.8) is 0 Å². The molecule has 1 aliphatic heterocycles. The number of H-pyrrole nitrogens is 1. The van der Waals surface area contributed by atoms with Gasteiger partial charge < -0.3 is 9.88 Å². The minimum atomic E-state index is 0.308. The highest BCUT2D eigenvalue weighted by atomic mass is 15.3. The lowest BCUT2D eigenvalue weighted by Crippen LogP contribution is -2.25. The number of anilines is 1. The molecule has 0 aromatic carbocycles. The molecule has 0 spiro atoms. The van der Waals surface area contributed by atoms with E-state index in [-0.39, 0.29) is 0 Å². The van der Waals surface area contributed by atoms with E-state index < -0.39 is 0 Å². The smallest absolute Gasteiger partial charge is 0.225 e. The summed E-state index contributed by atoms with van der Waals surface area (Å²) in [6, 6.07) is 2.17. The summed E-state index contributed by atoms with van der Waals surface area (Å²) in [5.41, 5.74) is 2.64. The van der Waals surface area contributed by atoms with Crippen LogP contribution in [0, 0.1) is 0 Å². The summed E-state index contributed by atoms with van der Waals surface area (Å²) in [6.45, 7) is 1.01. The molecule has 0 radical (unpaired) electrons. The SMILES string of the molecule is c1cnc(N2CCC[C@H]2c2nc3c([nH]2)CCCC3)nc1. The van der Waals surface area contributed by atoms with Gasteiger partial charge in [0.15, 0.2) is 0 Å². The number of fused-ring (bicyclic) bond motifs is 1. The van der Waals surface area contributed by atoms with Crippen molar-refractivity contribution in [2.45, 2.75) is 44.6 Å². The van der Waals surface area contributed by atoms with E-state index in [4.69, 9.17) is 4.98 Å². The molecule has 3 heterocycles. The molecular formula is C15H19N5. The van der Waals surface area contributed by atoms with E-state index in [0.717, 1.165) is 37.6 Å². The molecule has 0 bridgehead atoms. The molecular weight excluding hydrogens is 250 g/mol. The minimum Gasteiger partial charge on any atom is -0.344 e. The van der Waals surface area contributed by atoms with E-state index in [0.29, 0.717) is 6.04 Å². The maximum atomic E-state index is 4.86. The number of nitrogens with zero attached hydrogens (tertiary/aromatic N) is 4. The predicted octanol–water partition coefficient (Wildman–Crippen LogP) is 2.42. The van der Waals surface area contributed by atoms with Crippen LogP contribution in [0.1, 0.15) is 48.9 Å². The number of hydrogen-bond donors (Lipinski definition) is 1. The lowest BCUT2D eigenvalue weighted by molar-refractivity contribution is 0.660. The van der Waals surface area contributed by atoms with E-state index in [1.165, 1.54) is 30.7 Å². The van der Waals surface area contributed by atoms with Crippen LogP contribution in [0.2, 0.25) is 0 Å². The standard InChI is InChI=1S/C15H19N5/c1-2-6-12-11(5-1)18-14(19-12)13-7-3-10-20(13)15-16-8-4-9-17-15/h4,8-9,13H,1-3,5-7,10H2,(H,18,19)/t13-/m0/s1. The van der Waals surface area contributed by atoms with Gasteiger partial charge in [0.2, 0.25) is 5.95 Å². The summed E-state index contributed by atoms with van der Waals surface area (Å²) in [5, 5.41) is 0. The molecule has 0 amide bonds. The Bertz CT molecular complexity index is 568. The van der Waals surface area contributed by atoms with Crippen molar-refractivity contribution in [2.75, 3.05) is 11.4 Å². The number of aromatic amines is 1. The molecule has 5 nitrogen and oxygen atoms in total.